The summed E-state index contributed by atoms with van der Waals surface area (Å²) in [5.74, 6) is -1.13. The van der Waals surface area contributed by atoms with Crippen molar-refractivity contribution in [1.29, 1.82) is 0 Å². The van der Waals surface area contributed by atoms with Crippen molar-refractivity contribution in [2.24, 2.45) is 11.0 Å². The smallest absolute Gasteiger partial charge is 0.313 e. The molecular weight excluding hydrogens is 304 g/mol. The number of amides is 1. The highest BCUT2D eigenvalue weighted by Gasteiger charge is 2.32. The highest BCUT2D eigenvalue weighted by atomic mass is 32.2. The average Bonchev–Trinajstić information content (AvgIpc) is 3.00. The Morgan fingerprint density at radius 3 is 3.15 bits per heavy atom. The largest absolute Gasteiger partial charge is 0.481 e. The average molecular weight is 314 g/mol. The lowest BCUT2D eigenvalue weighted by atomic mass is 10.1. The number of hydrogen-bond acceptors (Lipinski definition) is 7. The van der Waals surface area contributed by atoms with Gasteiger partial charge < -0.3 is 5.11 Å². The van der Waals surface area contributed by atoms with Gasteiger partial charge in [-0.15, -0.1) is 10.2 Å². The van der Waals surface area contributed by atoms with Crippen LogP contribution in [0.2, 0.25) is 0 Å². The molecule has 9 nitrogen and oxygen atoms in total. The Balaban J connectivity index is 1.99. The summed E-state index contributed by atoms with van der Waals surface area (Å²) in [5, 5.41) is 20.2. The molecule has 1 aromatic rings. The van der Waals surface area contributed by atoms with E-state index >= 15 is 0 Å². The minimum absolute atomic E-state index is 0.0163. The number of azide groups is 1. The van der Waals surface area contributed by atoms with Gasteiger partial charge >= 0.3 is 5.97 Å². The van der Waals surface area contributed by atoms with E-state index in [-0.39, 0.29) is 24.1 Å². The van der Waals surface area contributed by atoms with Crippen molar-refractivity contribution in [2.45, 2.75) is 10.8 Å². The molecule has 1 aromatic heterocycles. The van der Waals surface area contributed by atoms with Gasteiger partial charge in [0, 0.05) is 24.4 Å². The summed E-state index contributed by atoms with van der Waals surface area (Å²) in [7, 11) is 0. The molecule has 20 heavy (non-hydrogen) atoms. The molecule has 11 heteroatoms. The number of rotatable bonds is 6. The third kappa shape index (κ3) is 3.59. The molecule has 0 bridgehead atoms. The van der Waals surface area contributed by atoms with E-state index in [1.165, 1.54) is 16.2 Å². The second-order valence-electron chi connectivity index (χ2n) is 4.02. The van der Waals surface area contributed by atoms with E-state index in [4.69, 9.17) is 10.6 Å². The van der Waals surface area contributed by atoms with Gasteiger partial charge in [0.05, 0.1) is 5.75 Å². The minimum atomic E-state index is -0.932. The first-order valence-electron chi connectivity index (χ1n) is 5.59. The van der Waals surface area contributed by atoms with Gasteiger partial charge in [-0.25, -0.2) is 0 Å². The predicted molar refractivity (Wildman–Crippen MR) is 72.7 cm³/mol. The van der Waals surface area contributed by atoms with Gasteiger partial charge in [-0.1, -0.05) is 28.2 Å². The van der Waals surface area contributed by atoms with E-state index in [1.54, 1.807) is 0 Å². The highest BCUT2D eigenvalue weighted by molar-refractivity contribution is 8.01. The number of carboxylic acid groups (broad SMARTS) is 1. The minimum Gasteiger partial charge on any atom is -0.481 e. The highest BCUT2D eigenvalue weighted by Crippen LogP contribution is 2.31. The van der Waals surface area contributed by atoms with Gasteiger partial charge in [-0.3, -0.25) is 14.5 Å². The Labute approximate surface area is 121 Å². The second kappa shape index (κ2) is 6.55. The number of aromatic nitrogens is 2. The van der Waals surface area contributed by atoms with Crippen LogP contribution in [0.25, 0.3) is 10.4 Å². The van der Waals surface area contributed by atoms with Crippen LogP contribution in [0.15, 0.2) is 9.45 Å². The first-order chi connectivity index (χ1) is 9.60. The molecule has 0 saturated carbocycles. The predicted octanol–water partition coefficient (Wildman–Crippen LogP) is 1.38. The number of nitrogens with zero attached hydrogens (tertiary/aromatic N) is 6. The van der Waals surface area contributed by atoms with Gasteiger partial charge in [-0.2, -0.15) is 0 Å². The quantitative estimate of drug-likeness (QED) is 0.277. The van der Waals surface area contributed by atoms with E-state index in [2.05, 4.69) is 20.2 Å². The number of anilines is 1. The first-order valence-corrected chi connectivity index (χ1v) is 7.39. The lowest BCUT2D eigenvalue weighted by molar-refractivity contribution is -0.133. The molecule has 1 atom stereocenters. The maximum absolute atomic E-state index is 11.9. The number of carboxylic acids is 1. The van der Waals surface area contributed by atoms with Crippen molar-refractivity contribution in [3.05, 3.63) is 10.4 Å². The summed E-state index contributed by atoms with van der Waals surface area (Å²) in [5.41, 5.74) is 8.27. The summed E-state index contributed by atoms with van der Waals surface area (Å²) in [6.07, 6.45) is 0.316. The SMILES string of the molecule is [N-]=[N+]=NCC1CC(=O)N(c2nnc(SCC(=O)O)s2)C1. The van der Waals surface area contributed by atoms with Crippen molar-refractivity contribution >= 4 is 40.1 Å². The molecule has 1 aliphatic heterocycles. The van der Waals surface area contributed by atoms with Crippen LogP contribution in [0, 0.1) is 5.92 Å². The molecule has 1 saturated heterocycles. The van der Waals surface area contributed by atoms with Crippen LogP contribution in [0.3, 0.4) is 0 Å². The first kappa shape index (κ1) is 14.6. The monoisotopic (exact) mass is 314 g/mol. The van der Waals surface area contributed by atoms with E-state index < -0.39 is 5.97 Å². The van der Waals surface area contributed by atoms with E-state index in [9.17, 15) is 9.59 Å². The zero-order chi connectivity index (χ0) is 14.5. The van der Waals surface area contributed by atoms with Crippen LogP contribution >= 0.6 is 23.1 Å². The molecule has 0 aromatic carbocycles. The Morgan fingerprint density at radius 1 is 1.65 bits per heavy atom. The van der Waals surface area contributed by atoms with Crippen molar-refractivity contribution < 1.29 is 14.7 Å². The van der Waals surface area contributed by atoms with E-state index in [1.807, 2.05) is 0 Å². The molecule has 1 fully saturated rings. The zero-order valence-electron chi connectivity index (χ0n) is 10.2. The molecule has 0 spiro atoms. The van der Waals surface area contributed by atoms with Crippen LogP contribution in [0.4, 0.5) is 5.13 Å². The summed E-state index contributed by atoms with van der Waals surface area (Å²) < 4.78 is 0.508. The topological polar surface area (TPSA) is 132 Å². The zero-order valence-corrected chi connectivity index (χ0v) is 11.8. The summed E-state index contributed by atoms with van der Waals surface area (Å²) >= 11 is 2.25. The van der Waals surface area contributed by atoms with Crippen LogP contribution in [-0.4, -0.2) is 46.0 Å². The molecule has 1 unspecified atom stereocenters. The molecule has 1 N–H and O–H groups in total. The van der Waals surface area contributed by atoms with E-state index in [0.717, 1.165) is 11.8 Å². The third-order valence-corrected chi connectivity index (χ3v) is 4.62. The van der Waals surface area contributed by atoms with Gasteiger partial charge in [-0.05, 0) is 11.4 Å². The van der Waals surface area contributed by atoms with E-state index in [0.29, 0.717) is 22.4 Å². The molecular formula is C9H10N6O3S2. The van der Waals surface area contributed by atoms with Crippen molar-refractivity contribution in [3.8, 4) is 0 Å². The van der Waals surface area contributed by atoms with Gasteiger partial charge in [0.25, 0.3) is 0 Å². The number of carbonyl (C=O) groups excluding carboxylic acids is 1. The fourth-order valence-electron chi connectivity index (χ4n) is 1.73. The fourth-order valence-corrected chi connectivity index (χ4v) is 3.32. The number of aliphatic carboxylic acids is 1. The molecule has 1 amide bonds. The standard InChI is InChI=1S/C9H10N6O3S2/c10-14-11-2-5-1-6(16)15(3-5)8-12-13-9(20-8)19-4-7(17)18/h5H,1-4H2,(H,17,18). The van der Waals surface area contributed by atoms with Crippen molar-refractivity contribution in [1.82, 2.24) is 10.2 Å². The number of carbonyl (C=O) groups is 2. The lowest BCUT2D eigenvalue weighted by Gasteiger charge is -2.10. The second-order valence-corrected chi connectivity index (χ2v) is 6.20. The van der Waals surface area contributed by atoms with Gasteiger partial charge in [0.15, 0.2) is 4.34 Å². The van der Waals surface area contributed by atoms with Crippen molar-refractivity contribution in [2.75, 3.05) is 23.7 Å². The summed E-state index contributed by atoms with van der Waals surface area (Å²) in [6.45, 7) is 0.717. The van der Waals surface area contributed by atoms with Crippen LogP contribution in [0.1, 0.15) is 6.42 Å². The molecule has 2 heterocycles. The summed E-state index contributed by atoms with van der Waals surface area (Å²) in [6, 6.07) is 0. The molecule has 0 aliphatic carbocycles. The Hall–Kier alpha value is -1.84. The maximum atomic E-state index is 11.9. The lowest BCUT2D eigenvalue weighted by Crippen LogP contribution is -2.24. The van der Waals surface area contributed by atoms with Gasteiger partial charge in [0.2, 0.25) is 11.0 Å². The normalized spacial score (nSPS) is 18.1. The third-order valence-electron chi connectivity index (χ3n) is 2.55. The van der Waals surface area contributed by atoms with Crippen LogP contribution in [-0.2, 0) is 9.59 Å². The molecule has 106 valence electrons. The number of hydrogen-bond donors (Lipinski definition) is 1. The summed E-state index contributed by atoms with van der Waals surface area (Å²) in [4.78, 5) is 26.5. The Bertz CT molecular complexity index is 570. The molecule has 2 rings (SSSR count). The number of thioether (sulfide) groups is 1. The van der Waals surface area contributed by atoms with Gasteiger partial charge in [0.1, 0.15) is 0 Å². The van der Waals surface area contributed by atoms with Crippen LogP contribution < -0.4 is 4.90 Å². The fraction of sp³-hybridized carbons (Fsp3) is 0.556. The molecule has 1 aliphatic rings. The van der Waals surface area contributed by atoms with Crippen LogP contribution in [0.5, 0.6) is 0 Å². The van der Waals surface area contributed by atoms with Crippen molar-refractivity contribution in [3.63, 3.8) is 0 Å². The maximum Gasteiger partial charge on any atom is 0.313 e. The molecule has 0 radical (unpaired) electrons. The Morgan fingerprint density at radius 2 is 2.45 bits per heavy atom. The Kier molecular flexibility index (Phi) is 4.77.